The van der Waals surface area contributed by atoms with E-state index in [1.807, 2.05) is 12.1 Å². The molecule has 0 spiro atoms. The van der Waals surface area contributed by atoms with Crippen LogP contribution in [0.1, 0.15) is 5.56 Å². The van der Waals surface area contributed by atoms with Gasteiger partial charge in [0.15, 0.2) is 11.2 Å². The number of benzene rings is 10. The Morgan fingerprint density at radius 3 is 1.26 bits per heavy atom. The molecule has 10 aromatic carbocycles. The molecule has 0 unspecified atom stereocenters. The van der Waals surface area contributed by atoms with E-state index in [0.29, 0.717) is 0 Å². The zero-order valence-corrected chi connectivity index (χ0v) is 35.5. The van der Waals surface area contributed by atoms with Gasteiger partial charge < -0.3 is 18.6 Å². The van der Waals surface area contributed by atoms with Crippen LogP contribution in [0.25, 0.3) is 76.2 Å². The van der Waals surface area contributed by atoms with Crippen LogP contribution in [-0.2, 0) is 0 Å². The summed E-state index contributed by atoms with van der Waals surface area (Å²) >= 11 is 0. The van der Waals surface area contributed by atoms with Crippen molar-refractivity contribution in [2.75, 3.05) is 9.80 Å². The predicted octanol–water partition coefficient (Wildman–Crippen LogP) is 16.2. The minimum absolute atomic E-state index is 0.868. The maximum absolute atomic E-state index is 6.75. The van der Waals surface area contributed by atoms with Crippen molar-refractivity contribution in [1.29, 1.82) is 0 Å². The Morgan fingerprint density at radius 2 is 0.787 bits per heavy atom. The normalized spacial score (nSPS) is 12.3. The van der Waals surface area contributed by atoms with E-state index >= 15 is 0 Å². The molecule has 0 aliphatic heterocycles. The molecule has 0 bridgehead atoms. The number of rotatable bonds is 7. The van der Waals surface area contributed by atoms with Crippen molar-refractivity contribution in [2.45, 2.75) is 26.6 Å². The summed E-state index contributed by atoms with van der Waals surface area (Å²) in [6.07, 6.45) is 0. The molecule has 0 saturated heterocycles. The lowest BCUT2D eigenvalue weighted by atomic mass is 9.91. The quantitative estimate of drug-likeness (QED) is 0.119. The fraction of sp³-hybridized carbons (Fsp3) is 0.0714. The number of hydrogen-bond donors (Lipinski definition) is 0. The maximum atomic E-state index is 6.75. The molecule has 12 aromatic rings. The van der Waals surface area contributed by atoms with E-state index in [2.05, 4.69) is 206 Å². The fourth-order valence-corrected chi connectivity index (χ4v) is 10.8. The lowest BCUT2D eigenvalue weighted by Gasteiger charge is -2.30. The summed E-state index contributed by atoms with van der Waals surface area (Å²) in [5, 5.41) is 13.1. The Labute approximate surface area is 354 Å². The summed E-state index contributed by atoms with van der Waals surface area (Å²) in [6, 6.07) is 66.1. The van der Waals surface area contributed by atoms with Crippen molar-refractivity contribution in [3.8, 4) is 0 Å². The first-order valence-corrected chi connectivity index (χ1v) is 24.6. The van der Waals surface area contributed by atoms with Gasteiger partial charge in [-0.25, -0.2) is 0 Å². The number of nitrogens with zero attached hydrogens (tertiary/aromatic N) is 2. The van der Waals surface area contributed by atoms with Gasteiger partial charge in [-0.3, -0.25) is 0 Å². The lowest BCUT2D eigenvalue weighted by molar-refractivity contribution is 0.669. The highest BCUT2D eigenvalue weighted by Gasteiger charge is 2.26. The number of hydrogen-bond acceptors (Lipinski definition) is 4. The summed E-state index contributed by atoms with van der Waals surface area (Å²) in [6.45, 7) is 9.35. The van der Waals surface area contributed by atoms with Gasteiger partial charge in [-0.2, -0.15) is 0 Å². The summed E-state index contributed by atoms with van der Waals surface area (Å²) in [4.78, 5) is 4.79. The highest BCUT2D eigenvalue weighted by molar-refractivity contribution is 6.88. The number of anilines is 6. The van der Waals surface area contributed by atoms with Gasteiger partial charge in [0.05, 0.1) is 30.8 Å². The number of furan rings is 2. The molecule has 4 nitrogen and oxygen atoms in total. The molecule has 0 aliphatic carbocycles. The Bertz CT molecular complexity index is 3650. The molecule has 0 saturated carbocycles. The third kappa shape index (κ3) is 5.51. The van der Waals surface area contributed by atoms with Gasteiger partial charge in [-0.05, 0) is 89.1 Å². The molecule has 0 amide bonds. The standard InChI is InChI=1S/C56H42N2O2Si/c1-35-19-25-38(26-20-35)57(49-15-9-13-43-41-11-5-7-17-51(41)59-55(43)49)47-33-23-36-21-22-37-24-34-48(46-32-31-45(47)53(36)54(37)46)58(39-27-29-40(30-28-39)61(2,3)4)50-16-10-14-44-42-12-6-8-18-52(42)60-56(44)50/h5-34H,1-4H3. The average Bonchev–Trinajstić information content (AvgIpc) is 3.87. The smallest absolute Gasteiger partial charge is 0.159 e. The molecule has 0 aliphatic rings. The highest BCUT2D eigenvalue weighted by Crippen LogP contribution is 2.50. The summed E-state index contributed by atoms with van der Waals surface area (Å²) in [7, 11) is -1.54. The van der Waals surface area contributed by atoms with Gasteiger partial charge in [-0.1, -0.05) is 152 Å². The zero-order valence-electron chi connectivity index (χ0n) is 34.5. The van der Waals surface area contributed by atoms with Crippen molar-refractivity contribution in [3.63, 3.8) is 0 Å². The van der Waals surface area contributed by atoms with Crippen LogP contribution in [0.15, 0.2) is 191 Å². The topological polar surface area (TPSA) is 32.8 Å². The van der Waals surface area contributed by atoms with E-state index in [-0.39, 0.29) is 0 Å². The van der Waals surface area contributed by atoms with Crippen molar-refractivity contribution < 1.29 is 8.83 Å². The average molecular weight is 803 g/mol. The number of aryl methyl sites for hydroxylation is 1. The predicted molar refractivity (Wildman–Crippen MR) is 262 cm³/mol. The lowest BCUT2D eigenvalue weighted by Crippen LogP contribution is -2.37. The van der Waals surface area contributed by atoms with Crippen molar-refractivity contribution >= 4 is 124 Å². The molecule has 0 radical (unpaired) electrons. The van der Waals surface area contributed by atoms with Crippen LogP contribution in [0.3, 0.4) is 0 Å². The van der Waals surface area contributed by atoms with Gasteiger partial charge in [-0.15, -0.1) is 0 Å². The Morgan fingerprint density at radius 1 is 0.361 bits per heavy atom. The monoisotopic (exact) mass is 802 g/mol. The van der Waals surface area contributed by atoms with Crippen LogP contribution in [0.5, 0.6) is 0 Å². The van der Waals surface area contributed by atoms with Crippen molar-refractivity contribution in [2.24, 2.45) is 0 Å². The summed E-state index contributed by atoms with van der Waals surface area (Å²) < 4.78 is 13.5. The maximum Gasteiger partial charge on any atom is 0.159 e. The second-order valence-corrected chi connectivity index (χ2v) is 22.5. The fourth-order valence-electron chi connectivity index (χ4n) is 9.60. The minimum atomic E-state index is -1.54. The molecule has 12 rings (SSSR count). The zero-order chi connectivity index (χ0) is 41.0. The minimum Gasteiger partial charge on any atom is -0.454 e. The van der Waals surface area contributed by atoms with Gasteiger partial charge in [0, 0.05) is 43.7 Å². The van der Waals surface area contributed by atoms with E-state index in [1.165, 1.54) is 43.1 Å². The third-order valence-electron chi connectivity index (χ3n) is 12.6. The first kappa shape index (κ1) is 35.6. The van der Waals surface area contributed by atoms with E-state index in [9.17, 15) is 0 Å². The second-order valence-electron chi connectivity index (χ2n) is 17.4. The van der Waals surface area contributed by atoms with Crippen LogP contribution in [0.4, 0.5) is 34.1 Å². The largest absolute Gasteiger partial charge is 0.454 e. The molecule has 61 heavy (non-hydrogen) atoms. The molecule has 2 heterocycles. The number of para-hydroxylation sites is 4. The van der Waals surface area contributed by atoms with Gasteiger partial charge >= 0.3 is 0 Å². The van der Waals surface area contributed by atoms with E-state index < -0.39 is 8.07 Å². The first-order valence-electron chi connectivity index (χ1n) is 21.1. The van der Waals surface area contributed by atoms with Gasteiger partial charge in [0.2, 0.25) is 0 Å². The van der Waals surface area contributed by atoms with Crippen LogP contribution in [-0.4, -0.2) is 8.07 Å². The second kappa shape index (κ2) is 13.3. The van der Waals surface area contributed by atoms with Crippen LogP contribution >= 0.6 is 0 Å². The van der Waals surface area contributed by atoms with Crippen LogP contribution < -0.4 is 15.0 Å². The van der Waals surface area contributed by atoms with Crippen molar-refractivity contribution in [3.05, 3.63) is 188 Å². The Balaban J connectivity index is 1.13. The Hall–Kier alpha value is -7.34. The highest BCUT2D eigenvalue weighted by atomic mass is 28.3. The molecule has 0 fully saturated rings. The molecule has 292 valence electrons. The van der Waals surface area contributed by atoms with Crippen LogP contribution in [0, 0.1) is 6.92 Å². The van der Waals surface area contributed by atoms with E-state index in [4.69, 9.17) is 8.83 Å². The van der Waals surface area contributed by atoms with Gasteiger partial charge in [0.1, 0.15) is 11.2 Å². The van der Waals surface area contributed by atoms with E-state index in [0.717, 1.165) is 78.0 Å². The molecule has 5 heteroatoms. The summed E-state index contributed by atoms with van der Waals surface area (Å²) in [5.74, 6) is 0. The van der Waals surface area contributed by atoms with Gasteiger partial charge in [0.25, 0.3) is 0 Å². The Kier molecular flexibility index (Phi) is 7.78. The first-order chi connectivity index (χ1) is 29.8. The van der Waals surface area contributed by atoms with E-state index in [1.54, 1.807) is 0 Å². The molecule has 2 aromatic heterocycles. The van der Waals surface area contributed by atoms with Crippen molar-refractivity contribution in [1.82, 2.24) is 0 Å². The summed E-state index contributed by atoms with van der Waals surface area (Å²) in [5.41, 5.74) is 11.1. The molecule has 0 N–H and O–H groups in total. The third-order valence-corrected chi connectivity index (χ3v) is 14.7. The SMILES string of the molecule is Cc1ccc(N(c2ccc3ccc4ccc(N(c5ccc([Si](C)(C)C)cc5)c5cccc6c5oc5ccccc56)c5ccc2c3c45)c2cccc3c2oc2ccccc23)cc1. The van der Waals surface area contributed by atoms with Crippen LogP contribution in [0.2, 0.25) is 19.6 Å². The number of fused-ring (bicyclic) bond motifs is 6. The molecular formula is C56H42N2O2Si. The molecule has 0 atom stereocenters. The molecular weight excluding hydrogens is 761 g/mol.